The second kappa shape index (κ2) is 11.7. The number of para-hydroxylation sites is 2. The zero-order chi connectivity index (χ0) is 34.2. The van der Waals surface area contributed by atoms with Crippen molar-refractivity contribution in [1.29, 1.82) is 0 Å². The highest BCUT2D eigenvalue weighted by Crippen LogP contribution is 2.52. The Bertz CT molecular complexity index is 2960. The fourth-order valence-corrected chi connectivity index (χ4v) is 9.70. The van der Waals surface area contributed by atoms with Crippen LogP contribution >= 0.6 is 23.5 Å². The van der Waals surface area contributed by atoms with Gasteiger partial charge in [-0.05, 0) is 48.5 Å². The number of rotatable bonds is 4. The Kier molecular flexibility index (Phi) is 6.65. The van der Waals surface area contributed by atoms with Crippen LogP contribution < -0.4 is 0 Å². The molecule has 0 fully saturated rings. The standard InChI is InChI=1S/C45H27N5S2/c1-3-12-27(13-4-1)43-47-44(28-14-5-2-6-15-28)49-45(48-43)29-16-11-17-30(22-29)50-37-21-10-8-19-32(37)34-24-40-42(26-38(34)50)52-39-23-33-31-18-7-9-20-35(31)46-36(33)25-41(39)51-40/h1-26,46H. The van der Waals surface area contributed by atoms with E-state index in [2.05, 4.69) is 107 Å². The number of fused-ring (bicyclic) bond motifs is 8. The molecular formula is C45H27N5S2. The summed E-state index contributed by atoms with van der Waals surface area (Å²) in [7, 11) is 0. The van der Waals surface area contributed by atoms with Crippen LogP contribution in [0.4, 0.5) is 0 Å². The molecule has 10 aromatic rings. The Morgan fingerprint density at radius 1 is 0.385 bits per heavy atom. The molecule has 244 valence electrons. The van der Waals surface area contributed by atoms with E-state index in [1.807, 2.05) is 84.2 Å². The summed E-state index contributed by atoms with van der Waals surface area (Å²) >= 11 is 3.72. The molecule has 5 nitrogen and oxygen atoms in total. The minimum atomic E-state index is 0.639. The number of nitrogens with one attached hydrogen (secondary N) is 1. The maximum Gasteiger partial charge on any atom is 0.164 e. The van der Waals surface area contributed by atoms with Crippen molar-refractivity contribution in [3.05, 3.63) is 158 Å². The molecule has 0 spiro atoms. The number of benzene rings is 7. The average molecular weight is 702 g/mol. The number of H-pyrrole nitrogens is 1. The lowest BCUT2D eigenvalue weighted by Crippen LogP contribution is -2.01. The summed E-state index contributed by atoms with van der Waals surface area (Å²) in [5.41, 5.74) is 8.58. The van der Waals surface area contributed by atoms with Crippen molar-refractivity contribution in [3.8, 4) is 39.9 Å². The van der Waals surface area contributed by atoms with Gasteiger partial charge in [-0.15, -0.1) is 0 Å². The van der Waals surface area contributed by atoms with Crippen molar-refractivity contribution in [2.75, 3.05) is 0 Å². The summed E-state index contributed by atoms with van der Waals surface area (Å²) in [4.78, 5) is 23.7. The van der Waals surface area contributed by atoms with Gasteiger partial charge in [0.1, 0.15) is 0 Å². The first-order chi connectivity index (χ1) is 25.7. The van der Waals surface area contributed by atoms with E-state index in [1.165, 1.54) is 57.7 Å². The maximum absolute atomic E-state index is 5.02. The number of nitrogens with zero attached hydrogens (tertiary/aromatic N) is 4. The Morgan fingerprint density at radius 2 is 0.942 bits per heavy atom. The Morgan fingerprint density at radius 3 is 1.67 bits per heavy atom. The van der Waals surface area contributed by atoms with Crippen molar-refractivity contribution in [2.45, 2.75) is 19.6 Å². The van der Waals surface area contributed by atoms with Crippen molar-refractivity contribution in [3.63, 3.8) is 0 Å². The molecule has 1 aliphatic rings. The second-order valence-electron chi connectivity index (χ2n) is 13.0. The predicted octanol–water partition coefficient (Wildman–Crippen LogP) is 12.2. The molecule has 4 heterocycles. The third-order valence-corrected chi connectivity index (χ3v) is 12.3. The summed E-state index contributed by atoms with van der Waals surface area (Å²) in [6.45, 7) is 0. The monoisotopic (exact) mass is 701 g/mol. The van der Waals surface area contributed by atoms with Gasteiger partial charge in [0.2, 0.25) is 0 Å². The molecule has 52 heavy (non-hydrogen) atoms. The van der Waals surface area contributed by atoms with Gasteiger partial charge in [-0.1, -0.05) is 133 Å². The van der Waals surface area contributed by atoms with Crippen LogP contribution in [0.1, 0.15) is 0 Å². The Balaban J connectivity index is 1.06. The largest absolute Gasteiger partial charge is 0.354 e. The topological polar surface area (TPSA) is 59.4 Å². The third kappa shape index (κ3) is 4.78. The van der Waals surface area contributed by atoms with Gasteiger partial charge < -0.3 is 9.55 Å². The molecule has 1 N–H and O–H groups in total. The molecule has 0 unspecified atom stereocenters. The van der Waals surface area contributed by atoms with E-state index in [0.29, 0.717) is 17.5 Å². The summed E-state index contributed by atoms with van der Waals surface area (Å²) in [5, 5.41) is 4.99. The molecule has 0 aliphatic carbocycles. The molecule has 0 radical (unpaired) electrons. The van der Waals surface area contributed by atoms with Crippen LogP contribution in [0.25, 0.3) is 83.5 Å². The van der Waals surface area contributed by atoms with Crippen LogP contribution in [0.2, 0.25) is 0 Å². The zero-order valence-electron chi connectivity index (χ0n) is 27.6. The van der Waals surface area contributed by atoms with Crippen LogP contribution in [-0.4, -0.2) is 24.5 Å². The first-order valence-corrected chi connectivity index (χ1v) is 18.8. The van der Waals surface area contributed by atoms with E-state index >= 15 is 0 Å². The lowest BCUT2D eigenvalue weighted by molar-refractivity contribution is 1.07. The smallest absolute Gasteiger partial charge is 0.164 e. The second-order valence-corrected chi connectivity index (χ2v) is 15.1. The molecule has 1 aliphatic heterocycles. The average Bonchev–Trinajstić information content (AvgIpc) is 3.73. The lowest BCUT2D eigenvalue weighted by Gasteiger charge is -2.19. The van der Waals surface area contributed by atoms with Gasteiger partial charge in [-0.25, -0.2) is 15.0 Å². The lowest BCUT2D eigenvalue weighted by atomic mass is 10.1. The van der Waals surface area contributed by atoms with Crippen molar-refractivity contribution >= 4 is 67.1 Å². The molecule has 3 aromatic heterocycles. The van der Waals surface area contributed by atoms with E-state index in [4.69, 9.17) is 15.0 Å². The number of aromatic nitrogens is 5. The maximum atomic E-state index is 5.02. The summed E-state index contributed by atoms with van der Waals surface area (Å²) in [6.07, 6.45) is 0. The van der Waals surface area contributed by atoms with Crippen molar-refractivity contribution in [2.24, 2.45) is 0 Å². The highest BCUT2D eigenvalue weighted by atomic mass is 32.2. The molecule has 7 heteroatoms. The van der Waals surface area contributed by atoms with Crippen LogP contribution in [0, 0.1) is 0 Å². The fourth-order valence-electron chi connectivity index (χ4n) is 7.39. The molecule has 0 bridgehead atoms. The normalized spacial score (nSPS) is 12.5. The summed E-state index contributed by atoms with van der Waals surface area (Å²) < 4.78 is 2.38. The van der Waals surface area contributed by atoms with E-state index < -0.39 is 0 Å². The molecule has 11 rings (SSSR count). The van der Waals surface area contributed by atoms with E-state index in [9.17, 15) is 0 Å². The van der Waals surface area contributed by atoms with Gasteiger partial charge in [0.15, 0.2) is 17.5 Å². The van der Waals surface area contributed by atoms with Gasteiger partial charge in [0.05, 0.1) is 11.0 Å². The van der Waals surface area contributed by atoms with Crippen molar-refractivity contribution < 1.29 is 0 Å². The molecule has 0 saturated heterocycles. The van der Waals surface area contributed by atoms with Crippen LogP contribution in [-0.2, 0) is 0 Å². The van der Waals surface area contributed by atoms with E-state index in [0.717, 1.165) is 27.9 Å². The van der Waals surface area contributed by atoms with Gasteiger partial charge >= 0.3 is 0 Å². The summed E-state index contributed by atoms with van der Waals surface area (Å²) in [5.74, 6) is 1.94. The summed E-state index contributed by atoms with van der Waals surface area (Å²) in [6, 6.07) is 55.5. The molecular weight excluding hydrogens is 675 g/mol. The van der Waals surface area contributed by atoms with Gasteiger partial charge in [-0.3, -0.25) is 0 Å². The SMILES string of the molecule is c1ccc(-c2nc(-c3ccccc3)nc(-c3cccc(-n4c5ccccc5c5cc6c(cc54)Sc4cc5c(cc4S6)[nH]c4ccccc45)c3)n2)cc1. The van der Waals surface area contributed by atoms with Gasteiger partial charge in [0.25, 0.3) is 0 Å². The van der Waals surface area contributed by atoms with Crippen molar-refractivity contribution in [1.82, 2.24) is 24.5 Å². The number of aromatic amines is 1. The molecule has 7 aromatic carbocycles. The third-order valence-electron chi connectivity index (χ3n) is 9.81. The van der Waals surface area contributed by atoms with Gasteiger partial charge in [-0.2, -0.15) is 0 Å². The highest BCUT2D eigenvalue weighted by Gasteiger charge is 2.23. The van der Waals surface area contributed by atoms with Gasteiger partial charge in [0, 0.05) is 74.5 Å². The minimum absolute atomic E-state index is 0.639. The number of hydrogen-bond acceptors (Lipinski definition) is 5. The molecule has 0 atom stereocenters. The van der Waals surface area contributed by atoms with Crippen LogP contribution in [0.3, 0.4) is 0 Å². The first kappa shape index (κ1) is 29.6. The van der Waals surface area contributed by atoms with Crippen LogP contribution in [0.15, 0.2) is 177 Å². The molecule has 0 amide bonds. The van der Waals surface area contributed by atoms with E-state index in [-0.39, 0.29) is 0 Å². The molecule has 0 saturated carbocycles. The fraction of sp³-hybridized carbons (Fsp3) is 0. The highest BCUT2D eigenvalue weighted by molar-refractivity contribution is 8.05. The number of hydrogen-bond donors (Lipinski definition) is 1. The first-order valence-electron chi connectivity index (χ1n) is 17.2. The Hall–Kier alpha value is -6.15. The van der Waals surface area contributed by atoms with E-state index in [1.54, 1.807) is 0 Å². The Labute approximate surface area is 307 Å². The predicted molar refractivity (Wildman–Crippen MR) is 215 cm³/mol. The quantitative estimate of drug-likeness (QED) is 0.198. The zero-order valence-corrected chi connectivity index (χ0v) is 29.2. The minimum Gasteiger partial charge on any atom is -0.354 e. The van der Waals surface area contributed by atoms with Crippen LogP contribution in [0.5, 0.6) is 0 Å².